The molecule has 2 amide bonds. The summed E-state index contributed by atoms with van der Waals surface area (Å²) in [5.41, 5.74) is 36.8. The van der Waals surface area contributed by atoms with E-state index in [2.05, 4.69) is 31.2 Å². The van der Waals surface area contributed by atoms with E-state index < -0.39 is 17.7 Å². The van der Waals surface area contributed by atoms with Crippen molar-refractivity contribution in [1.82, 2.24) is 26.2 Å². The SMILES string of the molecule is CC(=O)NCCCCC(N)C=O.CC(C)(C)OC(=O)NCCCC(N)C=O.CN(C)CCCCC(N)C=O.CN=C(N)NCCCC(N)C=O.CNCC=O.NCCCC(N)C=O. The molecule has 0 fully saturated rings. The van der Waals surface area contributed by atoms with E-state index >= 15 is 0 Å². The average molecular weight is 908 g/mol. The lowest BCUT2D eigenvalue weighted by molar-refractivity contribution is -0.119. The summed E-state index contributed by atoms with van der Waals surface area (Å²) < 4.78 is 5.02. The van der Waals surface area contributed by atoms with Gasteiger partial charge in [0.05, 0.1) is 36.8 Å². The summed E-state index contributed by atoms with van der Waals surface area (Å²) in [6, 6.07) is -1.70. The van der Waals surface area contributed by atoms with Gasteiger partial charge in [0, 0.05) is 33.6 Å². The second-order valence-corrected chi connectivity index (χ2v) is 15.2. The highest BCUT2D eigenvalue weighted by Gasteiger charge is 2.15. The number of likely N-dealkylation sites (N-methyl/N-ethyl adjacent to an activating group) is 1. The number of aldehydes is 6. The molecule has 0 aliphatic heterocycles. The van der Waals surface area contributed by atoms with Gasteiger partial charge in [-0.15, -0.1) is 0 Å². The number of aliphatic imine (C=N–C) groups is 1. The maximum absolute atomic E-state index is 11.1. The van der Waals surface area contributed by atoms with E-state index in [9.17, 15) is 38.4 Å². The van der Waals surface area contributed by atoms with Gasteiger partial charge in [0.2, 0.25) is 5.91 Å². The van der Waals surface area contributed by atoms with E-state index in [1.54, 1.807) is 34.9 Å². The van der Waals surface area contributed by atoms with Gasteiger partial charge in [0.15, 0.2) is 5.96 Å². The van der Waals surface area contributed by atoms with Crippen molar-refractivity contribution in [3.8, 4) is 0 Å². The number of nitrogens with zero attached hydrogens (tertiary/aromatic N) is 2. The molecule has 0 saturated carbocycles. The lowest BCUT2D eigenvalue weighted by Gasteiger charge is -2.19. The van der Waals surface area contributed by atoms with Gasteiger partial charge in [-0.3, -0.25) is 9.79 Å². The van der Waals surface area contributed by atoms with Crippen molar-refractivity contribution in [3.05, 3.63) is 0 Å². The molecule has 5 atom stereocenters. The summed E-state index contributed by atoms with van der Waals surface area (Å²) in [5.74, 6) is 0.393. The molecule has 372 valence electrons. The molecule has 0 aliphatic carbocycles. The Hall–Kier alpha value is -4.29. The Balaban J connectivity index is -0.000000158. The van der Waals surface area contributed by atoms with E-state index in [4.69, 9.17) is 44.9 Å². The first-order valence-corrected chi connectivity index (χ1v) is 21.3. The number of unbranched alkanes of at least 4 members (excludes halogenated alkanes) is 2. The van der Waals surface area contributed by atoms with E-state index in [1.807, 2.05) is 14.1 Å². The molecule has 0 radical (unpaired) electrons. The number of carbonyl (C=O) groups is 8. The van der Waals surface area contributed by atoms with Gasteiger partial charge in [0.25, 0.3) is 0 Å². The normalized spacial score (nSPS) is 12.7. The maximum Gasteiger partial charge on any atom is 0.407 e. The van der Waals surface area contributed by atoms with E-state index in [0.717, 1.165) is 82.9 Å². The monoisotopic (exact) mass is 908 g/mol. The van der Waals surface area contributed by atoms with Crippen LogP contribution in [0, 0.1) is 0 Å². The second kappa shape index (κ2) is 53.8. The number of guanidine groups is 1. The van der Waals surface area contributed by atoms with Crippen LogP contribution in [-0.4, -0.2) is 164 Å². The highest BCUT2D eigenvalue weighted by molar-refractivity contribution is 5.77. The third-order valence-corrected chi connectivity index (χ3v) is 7.28. The Morgan fingerprint density at radius 2 is 1.02 bits per heavy atom. The van der Waals surface area contributed by atoms with Crippen LogP contribution in [0.2, 0.25) is 0 Å². The van der Waals surface area contributed by atoms with Crippen LogP contribution >= 0.6 is 0 Å². The number of hydrogen-bond acceptors (Lipinski definition) is 18. The largest absolute Gasteiger partial charge is 0.444 e. The molecule has 5 unspecified atom stereocenters. The number of ether oxygens (including phenoxy) is 1. The fourth-order valence-corrected chi connectivity index (χ4v) is 3.83. The molecule has 0 saturated heterocycles. The van der Waals surface area contributed by atoms with Crippen LogP contribution in [-0.2, 0) is 38.3 Å². The van der Waals surface area contributed by atoms with Crippen molar-refractivity contribution < 1.29 is 43.1 Å². The number of carbonyl (C=O) groups excluding carboxylic acids is 8. The molecule has 0 spiro atoms. The topological polar surface area (TPSA) is 392 Å². The fourth-order valence-electron chi connectivity index (χ4n) is 3.83. The van der Waals surface area contributed by atoms with Crippen LogP contribution in [0.15, 0.2) is 4.99 Å². The van der Waals surface area contributed by atoms with E-state index in [-0.39, 0.29) is 30.1 Å². The van der Waals surface area contributed by atoms with Crippen LogP contribution in [0.4, 0.5) is 4.79 Å². The summed E-state index contributed by atoms with van der Waals surface area (Å²) in [6.07, 6.45) is 13.8. The van der Waals surface area contributed by atoms with Gasteiger partial charge >= 0.3 is 6.09 Å². The van der Waals surface area contributed by atoms with Crippen LogP contribution in [0.3, 0.4) is 0 Å². The fraction of sp³-hybridized carbons (Fsp3) is 0.780. The van der Waals surface area contributed by atoms with Gasteiger partial charge in [-0.25, -0.2) is 4.79 Å². The number of alkyl carbamates (subject to hydrolysis) is 1. The third kappa shape index (κ3) is 78.7. The predicted octanol–water partition coefficient (Wildman–Crippen LogP) is -1.64. The van der Waals surface area contributed by atoms with Crippen LogP contribution in [0.1, 0.15) is 105 Å². The Labute approximate surface area is 377 Å². The van der Waals surface area contributed by atoms with Crippen molar-refractivity contribution in [2.75, 3.05) is 67.5 Å². The lowest BCUT2D eigenvalue weighted by atomic mass is 10.1. The van der Waals surface area contributed by atoms with Gasteiger partial charge in [-0.2, -0.15) is 0 Å². The Morgan fingerprint density at radius 3 is 1.33 bits per heavy atom. The molecule has 0 aliphatic rings. The highest BCUT2D eigenvalue weighted by Crippen LogP contribution is 2.06. The zero-order valence-electron chi connectivity index (χ0n) is 39.7. The summed E-state index contributed by atoms with van der Waals surface area (Å²) in [7, 11) is 7.42. The van der Waals surface area contributed by atoms with Crippen LogP contribution < -0.4 is 61.4 Å². The molecule has 22 heteroatoms. The number of hydrogen-bond donors (Lipinski definition) is 11. The Bertz CT molecular complexity index is 1130. The van der Waals surface area contributed by atoms with Gasteiger partial charge in [-0.05, 0) is 126 Å². The van der Waals surface area contributed by atoms with Gasteiger partial charge < -0.3 is 99.8 Å². The van der Waals surface area contributed by atoms with Crippen molar-refractivity contribution in [1.29, 1.82) is 0 Å². The van der Waals surface area contributed by atoms with E-state index in [0.29, 0.717) is 77.1 Å². The zero-order chi connectivity index (χ0) is 49.9. The molecule has 0 rings (SSSR count). The number of nitrogens with one attached hydrogen (secondary N) is 4. The number of amides is 2. The van der Waals surface area contributed by atoms with Gasteiger partial charge in [-0.1, -0.05) is 6.42 Å². The Kier molecular flexibility index (Phi) is 60.1. The molecule has 0 heterocycles. The van der Waals surface area contributed by atoms with Crippen LogP contribution in [0.25, 0.3) is 0 Å². The lowest BCUT2D eigenvalue weighted by Crippen LogP contribution is -2.33. The maximum atomic E-state index is 11.1. The molecule has 0 aromatic carbocycles. The minimum Gasteiger partial charge on any atom is -0.444 e. The summed E-state index contributed by atoms with van der Waals surface area (Å²) in [6.45, 7) is 10.9. The van der Waals surface area contributed by atoms with Crippen molar-refractivity contribution in [2.45, 2.75) is 141 Å². The van der Waals surface area contributed by atoms with Crippen molar-refractivity contribution in [3.63, 3.8) is 0 Å². The first-order valence-electron chi connectivity index (χ1n) is 21.3. The minimum absolute atomic E-state index is 0.0188. The predicted molar refractivity (Wildman–Crippen MR) is 252 cm³/mol. The molecular weight excluding hydrogens is 819 g/mol. The molecule has 63 heavy (non-hydrogen) atoms. The Morgan fingerprint density at radius 1 is 0.635 bits per heavy atom. The molecule has 0 aromatic rings. The second-order valence-electron chi connectivity index (χ2n) is 15.2. The third-order valence-electron chi connectivity index (χ3n) is 7.28. The first-order chi connectivity index (χ1) is 29.6. The highest BCUT2D eigenvalue weighted by atomic mass is 16.6. The quantitative estimate of drug-likeness (QED) is 0.0182. The summed E-state index contributed by atoms with van der Waals surface area (Å²) >= 11 is 0. The average Bonchev–Trinajstić information content (AvgIpc) is 3.24. The first kappa shape index (κ1) is 70.4. The minimum atomic E-state index is -0.483. The summed E-state index contributed by atoms with van der Waals surface area (Å²) in [5, 5.41) is 10.8. The molecule has 0 aromatic heterocycles. The van der Waals surface area contributed by atoms with Crippen molar-refractivity contribution >= 4 is 55.7 Å². The van der Waals surface area contributed by atoms with Gasteiger partial charge in [0.1, 0.15) is 43.3 Å². The smallest absolute Gasteiger partial charge is 0.407 e. The molecule has 0 bridgehead atoms. The summed E-state index contributed by atoms with van der Waals surface area (Å²) in [4.78, 5) is 87.0. The molecule has 18 N–H and O–H groups in total. The van der Waals surface area contributed by atoms with Crippen molar-refractivity contribution in [2.24, 2.45) is 45.1 Å². The molecular formula is C41H89N13O9. The number of rotatable bonds is 28. The zero-order valence-corrected chi connectivity index (χ0v) is 39.7. The number of nitrogens with two attached hydrogens (primary N) is 7. The van der Waals surface area contributed by atoms with Crippen LogP contribution in [0.5, 0.6) is 0 Å². The molecule has 22 nitrogen and oxygen atoms in total. The van der Waals surface area contributed by atoms with E-state index in [1.165, 1.54) is 6.92 Å². The standard InChI is InChI=1S/C10H20N2O3.C8H16N2O2.C8H18N2O.C7H16N4O.C5H12N2O.C3H7NO/c1-10(2,3)15-9(14)12-6-4-5-8(11)7-13;1-7(12)10-5-3-2-4-8(9)6-11;1-10(2)6-4-3-5-8(9)7-11;1-10-7(9)11-4-2-3-6(8)5-12;6-3-1-2-5(7)4-8;1-4-2-3-5/h7-8H,4-6,11H2,1-3H3,(H,12,14);6,8H,2-5,9H2,1H3,(H,10,12);7-8H,3-6,9H2,1-2H3;5-6H,2-4,8H2,1H3,(H3,9,10,11);4-5H,1-3,6-7H2;3-4H,2H2,1H3.